The minimum Gasteiger partial charge on any atom is -0.378 e. The van der Waals surface area contributed by atoms with Crippen LogP contribution in [0.4, 0.5) is 10.3 Å². The van der Waals surface area contributed by atoms with Crippen molar-refractivity contribution >= 4 is 35.1 Å². The van der Waals surface area contributed by atoms with Gasteiger partial charge in [-0.2, -0.15) is 0 Å². The number of carbonyl (C=O) groups is 1. The summed E-state index contributed by atoms with van der Waals surface area (Å²) in [7, 11) is 0. The minimum atomic E-state index is -0.433. The first kappa shape index (κ1) is 20.8. The number of ketones is 1. The van der Waals surface area contributed by atoms with Crippen LogP contribution in [0.1, 0.15) is 17.3 Å². The number of thioether (sulfide) groups is 1. The Balaban J connectivity index is 1.67. The molecule has 0 N–H and O–H groups in total. The molecule has 0 bridgehead atoms. The lowest BCUT2D eigenvalue weighted by molar-refractivity contribution is 0.0994. The average Bonchev–Trinajstić information content (AvgIpc) is 3.17. The maximum atomic E-state index is 14.0. The van der Waals surface area contributed by atoms with E-state index >= 15 is 0 Å². The van der Waals surface area contributed by atoms with Crippen molar-refractivity contribution < 1.29 is 13.9 Å². The second-order valence-electron chi connectivity index (χ2n) is 6.83. The van der Waals surface area contributed by atoms with Gasteiger partial charge in [0.25, 0.3) is 0 Å². The first-order chi connectivity index (χ1) is 14.5. The van der Waals surface area contributed by atoms with Gasteiger partial charge >= 0.3 is 0 Å². The van der Waals surface area contributed by atoms with Crippen LogP contribution in [0.5, 0.6) is 0 Å². The zero-order chi connectivity index (χ0) is 21.1. The van der Waals surface area contributed by atoms with Crippen LogP contribution in [0, 0.1) is 5.82 Å². The van der Waals surface area contributed by atoms with E-state index in [-0.39, 0.29) is 11.6 Å². The van der Waals surface area contributed by atoms with Crippen LogP contribution < -0.4 is 4.90 Å². The lowest BCUT2D eigenvalue weighted by Crippen LogP contribution is -2.37. The zero-order valence-corrected chi connectivity index (χ0v) is 17.9. The molecule has 9 heteroatoms. The van der Waals surface area contributed by atoms with E-state index in [9.17, 15) is 9.18 Å². The standard InChI is InChI=1S/C21H20ClFN4O2S/c1-14(19(28)15-4-2-5-16(22)12-15)30-21-25-24-20(26-8-10-29-11-9-26)27(21)18-7-3-6-17(23)13-18/h2-7,12-14H,8-11H2,1H3. The van der Waals surface area contributed by atoms with Gasteiger partial charge in [0.2, 0.25) is 5.95 Å². The number of Topliss-reactive ketones (excluding diaryl/α,β-unsaturated/α-hetero) is 1. The van der Waals surface area contributed by atoms with Crippen molar-refractivity contribution in [3.05, 3.63) is 64.9 Å². The summed E-state index contributed by atoms with van der Waals surface area (Å²) in [4.78, 5) is 14.9. The fourth-order valence-corrected chi connectivity index (χ4v) is 4.37. The Morgan fingerprint density at radius 1 is 1.17 bits per heavy atom. The van der Waals surface area contributed by atoms with E-state index in [0.717, 1.165) is 0 Å². The highest BCUT2D eigenvalue weighted by atomic mass is 35.5. The van der Waals surface area contributed by atoms with Gasteiger partial charge in [-0.05, 0) is 37.3 Å². The maximum Gasteiger partial charge on any atom is 0.232 e. The van der Waals surface area contributed by atoms with E-state index < -0.39 is 5.25 Å². The van der Waals surface area contributed by atoms with Gasteiger partial charge in [0, 0.05) is 23.7 Å². The van der Waals surface area contributed by atoms with Crippen LogP contribution in [-0.4, -0.2) is 52.1 Å². The predicted octanol–water partition coefficient (Wildman–Crippen LogP) is 4.26. The average molecular weight is 447 g/mol. The zero-order valence-electron chi connectivity index (χ0n) is 16.3. The van der Waals surface area contributed by atoms with E-state index in [1.54, 1.807) is 41.0 Å². The van der Waals surface area contributed by atoms with Crippen LogP contribution in [0.15, 0.2) is 53.7 Å². The van der Waals surface area contributed by atoms with Crippen molar-refractivity contribution in [2.45, 2.75) is 17.3 Å². The lowest BCUT2D eigenvalue weighted by Gasteiger charge is -2.28. The molecular weight excluding hydrogens is 427 g/mol. The number of hydrogen-bond donors (Lipinski definition) is 0. The number of carbonyl (C=O) groups excluding carboxylic acids is 1. The van der Waals surface area contributed by atoms with E-state index in [1.807, 2.05) is 6.92 Å². The summed E-state index contributed by atoms with van der Waals surface area (Å²) in [5, 5.41) is 9.27. The fraction of sp³-hybridized carbons (Fsp3) is 0.286. The molecule has 2 heterocycles. The van der Waals surface area contributed by atoms with Gasteiger partial charge in [-0.15, -0.1) is 10.2 Å². The number of morpholine rings is 1. The van der Waals surface area contributed by atoms with Crippen molar-refractivity contribution in [1.29, 1.82) is 0 Å². The summed E-state index contributed by atoms with van der Waals surface area (Å²) >= 11 is 7.31. The molecule has 2 aromatic carbocycles. The van der Waals surface area contributed by atoms with E-state index in [1.165, 1.54) is 23.9 Å². The third-order valence-corrected chi connectivity index (χ3v) is 6.01. The molecule has 0 spiro atoms. The lowest BCUT2D eigenvalue weighted by atomic mass is 10.1. The van der Waals surface area contributed by atoms with Gasteiger partial charge in [0.15, 0.2) is 10.9 Å². The molecule has 3 aromatic rings. The highest BCUT2D eigenvalue weighted by Gasteiger charge is 2.25. The van der Waals surface area contributed by atoms with Gasteiger partial charge in [0.05, 0.1) is 24.2 Å². The van der Waals surface area contributed by atoms with Crippen molar-refractivity contribution in [3.8, 4) is 5.69 Å². The van der Waals surface area contributed by atoms with E-state index in [0.29, 0.717) is 53.7 Å². The monoisotopic (exact) mass is 446 g/mol. The van der Waals surface area contributed by atoms with Gasteiger partial charge in [-0.1, -0.05) is 41.6 Å². The van der Waals surface area contributed by atoms with Crippen LogP contribution in [0.25, 0.3) is 5.69 Å². The summed E-state index contributed by atoms with van der Waals surface area (Å²) in [5.74, 6) is 0.186. The molecule has 1 aliphatic heterocycles. The molecule has 0 amide bonds. The molecule has 30 heavy (non-hydrogen) atoms. The molecule has 1 fully saturated rings. The summed E-state index contributed by atoms with van der Waals surface area (Å²) < 4.78 is 21.2. The number of benzene rings is 2. The number of ether oxygens (including phenoxy) is 1. The Bertz CT molecular complexity index is 1050. The van der Waals surface area contributed by atoms with Crippen molar-refractivity contribution in [3.63, 3.8) is 0 Å². The Labute approximate surface area is 183 Å². The SMILES string of the molecule is CC(Sc1nnc(N2CCOCC2)n1-c1cccc(F)c1)C(=O)c1cccc(Cl)c1. The van der Waals surface area contributed by atoms with Crippen molar-refractivity contribution in [2.75, 3.05) is 31.2 Å². The Morgan fingerprint density at radius 3 is 2.67 bits per heavy atom. The highest BCUT2D eigenvalue weighted by molar-refractivity contribution is 8.00. The fourth-order valence-electron chi connectivity index (χ4n) is 3.24. The number of halogens is 2. The Hall–Kier alpha value is -2.42. The molecule has 1 aliphatic rings. The van der Waals surface area contributed by atoms with Crippen molar-refractivity contribution in [2.24, 2.45) is 0 Å². The summed E-state index contributed by atoms with van der Waals surface area (Å²) in [5.41, 5.74) is 1.14. The maximum absolute atomic E-state index is 14.0. The van der Waals surface area contributed by atoms with Crippen LogP contribution in [-0.2, 0) is 4.74 Å². The van der Waals surface area contributed by atoms with Crippen LogP contribution >= 0.6 is 23.4 Å². The molecule has 4 rings (SSSR count). The number of nitrogens with zero attached hydrogens (tertiary/aromatic N) is 4. The summed E-state index contributed by atoms with van der Waals surface area (Å²) in [6, 6.07) is 13.1. The largest absolute Gasteiger partial charge is 0.378 e. The second-order valence-corrected chi connectivity index (χ2v) is 8.58. The Kier molecular flexibility index (Phi) is 6.36. The summed E-state index contributed by atoms with van der Waals surface area (Å²) in [6.45, 7) is 4.31. The molecular formula is C21H20ClFN4O2S. The number of hydrogen-bond acceptors (Lipinski definition) is 6. The molecule has 1 aromatic heterocycles. The number of aromatic nitrogens is 3. The third kappa shape index (κ3) is 4.50. The van der Waals surface area contributed by atoms with Crippen molar-refractivity contribution in [1.82, 2.24) is 14.8 Å². The number of anilines is 1. The molecule has 1 atom stereocenters. The van der Waals surface area contributed by atoms with Crippen LogP contribution in [0.2, 0.25) is 5.02 Å². The van der Waals surface area contributed by atoms with Gasteiger partial charge in [-0.25, -0.2) is 4.39 Å². The van der Waals surface area contributed by atoms with Gasteiger partial charge in [0.1, 0.15) is 5.82 Å². The van der Waals surface area contributed by atoms with Crippen LogP contribution in [0.3, 0.4) is 0 Å². The molecule has 6 nitrogen and oxygen atoms in total. The predicted molar refractivity (Wildman–Crippen MR) is 115 cm³/mol. The Morgan fingerprint density at radius 2 is 1.93 bits per heavy atom. The molecule has 0 saturated carbocycles. The van der Waals surface area contributed by atoms with E-state index in [2.05, 4.69) is 15.1 Å². The first-order valence-corrected chi connectivity index (χ1v) is 10.8. The molecule has 0 radical (unpaired) electrons. The molecule has 1 unspecified atom stereocenters. The molecule has 0 aliphatic carbocycles. The molecule has 1 saturated heterocycles. The number of rotatable bonds is 6. The normalized spacial score (nSPS) is 15.2. The third-order valence-electron chi connectivity index (χ3n) is 4.74. The minimum absolute atomic E-state index is 0.0655. The first-order valence-electron chi connectivity index (χ1n) is 9.53. The topological polar surface area (TPSA) is 60.2 Å². The summed E-state index contributed by atoms with van der Waals surface area (Å²) in [6.07, 6.45) is 0. The molecule has 156 valence electrons. The van der Waals surface area contributed by atoms with E-state index in [4.69, 9.17) is 16.3 Å². The van der Waals surface area contributed by atoms with Gasteiger partial charge < -0.3 is 9.64 Å². The smallest absolute Gasteiger partial charge is 0.232 e. The highest BCUT2D eigenvalue weighted by Crippen LogP contribution is 2.31. The second kappa shape index (κ2) is 9.16. The quantitative estimate of drug-likeness (QED) is 0.416. The van der Waals surface area contributed by atoms with Gasteiger partial charge in [-0.3, -0.25) is 9.36 Å².